The summed E-state index contributed by atoms with van der Waals surface area (Å²) in [4.78, 5) is 24.1. The molecule has 1 N–H and O–H groups in total. The molecule has 0 bridgehead atoms. The van der Waals surface area contributed by atoms with Gasteiger partial charge in [0.15, 0.2) is 0 Å². The zero-order chi connectivity index (χ0) is 26.1. The molecule has 0 aliphatic heterocycles. The monoisotopic (exact) mass is 511 g/mol. The van der Waals surface area contributed by atoms with Gasteiger partial charge in [-0.15, -0.1) is 0 Å². The van der Waals surface area contributed by atoms with Crippen molar-refractivity contribution >= 4 is 22.5 Å². The number of nitrogens with one attached hydrogen (secondary N) is 1. The number of benzene rings is 1. The molecule has 9 heteroatoms. The first-order chi connectivity index (χ1) is 17.9. The number of rotatable bonds is 6. The number of fused-ring (bicyclic) bond motifs is 1. The summed E-state index contributed by atoms with van der Waals surface area (Å²) in [6, 6.07) is 13.2. The maximum atomic E-state index is 12.1. The molecule has 0 amide bonds. The Labute approximate surface area is 217 Å². The number of aromatic amines is 1. The van der Waals surface area contributed by atoms with Crippen LogP contribution in [0.3, 0.4) is 0 Å². The van der Waals surface area contributed by atoms with Crippen molar-refractivity contribution in [2.75, 3.05) is 0 Å². The minimum atomic E-state index is -0.437. The Balaban J connectivity index is 1.54. The van der Waals surface area contributed by atoms with Crippen molar-refractivity contribution in [3.05, 3.63) is 104 Å². The van der Waals surface area contributed by atoms with Crippen LogP contribution in [0.1, 0.15) is 39.5 Å². The van der Waals surface area contributed by atoms with E-state index in [1.807, 2.05) is 51.1 Å². The van der Waals surface area contributed by atoms with Crippen LogP contribution in [-0.2, 0) is 13.0 Å². The summed E-state index contributed by atoms with van der Waals surface area (Å²) >= 11 is 6.64. The maximum absolute atomic E-state index is 12.1. The number of ether oxygens (including phenoxy) is 1. The highest BCUT2D eigenvalue weighted by Gasteiger charge is 2.18. The van der Waals surface area contributed by atoms with Crippen molar-refractivity contribution in [2.24, 2.45) is 0 Å². The van der Waals surface area contributed by atoms with E-state index in [1.54, 1.807) is 18.4 Å². The maximum Gasteiger partial charge on any atom is 0.266 e. The Morgan fingerprint density at radius 2 is 1.92 bits per heavy atom. The zero-order valence-electron chi connectivity index (χ0n) is 20.4. The molecule has 0 aliphatic rings. The minimum Gasteiger partial charge on any atom is -0.486 e. The SMILES string of the molecule is Cc1cc(Cl)c(COc2cccc3c(-c4conc4C)cc(C)nc23)c(Cc2cc[nH]c(=O)c2C#N)n1. The van der Waals surface area contributed by atoms with E-state index in [0.717, 1.165) is 33.6 Å². The molecule has 0 spiro atoms. The molecule has 4 heterocycles. The summed E-state index contributed by atoms with van der Waals surface area (Å²) in [6.45, 7) is 5.79. The number of H-pyrrole nitrogens is 1. The first kappa shape index (κ1) is 24.2. The number of para-hydroxylation sites is 1. The fourth-order valence-corrected chi connectivity index (χ4v) is 4.70. The quantitative estimate of drug-likeness (QED) is 0.315. The molecule has 5 rings (SSSR count). The Morgan fingerprint density at radius 1 is 1.11 bits per heavy atom. The number of aryl methyl sites for hydroxylation is 3. The van der Waals surface area contributed by atoms with E-state index in [1.165, 1.54) is 6.20 Å². The Hall–Kier alpha value is -4.48. The normalized spacial score (nSPS) is 11.0. The summed E-state index contributed by atoms with van der Waals surface area (Å²) in [5.41, 5.74) is 6.40. The van der Waals surface area contributed by atoms with Crippen molar-refractivity contribution in [1.82, 2.24) is 20.1 Å². The average Bonchev–Trinajstić information content (AvgIpc) is 3.29. The molecule has 0 saturated heterocycles. The number of halogens is 1. The molecule has 0 saturated carbocycles. The van der Waals surface area contributed by atoms with Crippen LogP contribution >= 0.6 is 11.6 Å². The molecular weight excluding hydrogens is 490 g/mol. The Morgan fingerprint density at radius 3 is 2.68 bits per heavy atom. The van der Waals surface area contributed by atoms with E-state index in [0.29, 0.717) is 33.1 Å². The molecule has 8 nitrogen and oxygen atoms in total. The van der Waals surface area contributed by atoms with Crippen LogP contribution < -0.4 is 10.3 Å². The van der Waals surface area contributed by atoms with Gasteiger partial charge in [0.05, 0.1) is 16.4 Å². The van der Waals surface area contributed by atoms with Gasteiger partial charge in [0, 0.05) is 40.5 Å². The van der Waals surface area contributed by atoms with Crippen LogP contribution in [0.5, 0.6) is 5.75 Å². The second-order valence-electron chi connectivity index (χ2n) is 8.73. The second-order valence-corrected chi connectivity index (χ2v) is 9.14. The van der Waals surface area contributed by atoms with Crippen molar-refractivity contribution < 1.29 is 9.26 Å². The molecule has 0 atom stereocenters. The molecular formula is C28H22ClN5O3. The summed E-state index contributed by atoms with van der Waals surface area (Å²) in [5, 5.41) is 14.9. The predicted molar refractivity (Wildman–Crippen MR) is 140 cm³/mol. The molecule has 0 aliphatic carbocycles. The molecule has 0 radical (unpaired) electrons. The van der Waals surface area contributed by atoms with E-state index in [9.17, 15) is 10.1 Å². The van der Waals surface area contributed by atoms with E-state index in [2.05, 4.69) is 15.1 Å². The van der Waals surface area contributed by atoms with Gasteiger partial charge in [-0.1, -0.05) is 28.9 Å². The van der Waals surface area contributed by atoms with Crippen LogP contribution in [0.25, 0.3) is 22.0 Å². The number of nitriles is 1. The Kier molecular flexibility index (Phi) is 6.47. The number of aromatic nitrogens is 4. The highest BCUT2D eigenvalue weighted by molar-refractivity contribution is 6.31. The largest absolute Gasteiger partial charge is 0.486 e. The van der Waals surface area contributed by atoms with Crippen molar-refractivity contribution in [3.63, 3.8) is 0 Å². The fraction of sp³-hybridized carbons (Fsp3) is 0.179. The Bertz CT molecular complexity index is 1750. The molecule has 0 unspecified atom stereocenters. The van der Waals surface area contributed by atoms with Crippen LogP contribution in [-0.4, -0.2) is 20.1 Å². The third-order valence-electron chi connectivity index (χ3n) is 6.14. The molecule has 1 aromatic carbocycles. The van der Waals surface area contributed by atoms with Gasteiger partial charge in [0.1, 0.15) is 35.8 Å². The minimum absolute atomic E-state index is 0.0547. The van der Waals surface area contributed by atoms with Gasteiger partial charge in [0.25, 0.3) is 5.56 Å². The molecule has 37 heavy (non-hydrogen) atoms. The summed E-state index contributed by atoms with van der Waals surface area (Å²) in [5.74, 6) is 0.591. The highest BCUT2D eigenvalue weighted by Crippen LogP contribution is 2.35. The molecule has 5 aromatic rings. The predicted octanol–water partition coefficient (Wildman–Crippen LogP) is 5.59. The summed E-state index contributed by atoms with van der Waals surface area (Å²) < 4.78 is 11.5. The van der Waals surface area contributed by atoms with Gasteiger partial charge >= 0.3 is 0 Å². The highest BCUT2D eigenvalue weighted by atomic mass is 35.5. The number of nitrogens with zero attached hydrogens (tertiary/aromatic N) is 4. The van der Waals surface area contributed by atoms with Crippen molar-refractivity contribution in [3.8, 4) is 22.9 Å². The van der Waals surface area contributed by atoms with E-state index < -0.39 is 5.56 Å². The van der Waals surface area contributed by atoms with E-state index in [4.69, 9.17) is 25.8 Å². The first-order valence-electron chi connectivity index (χ1n) is 11.6. The van der Waals surface area contributed by atoms with Gasteiger partial charge in [0.2, 0.25) is 0 Å². The first-order valence-corrected chi connectivity index (χ1v) is 11.9. The van der Waals surface area contributed by atoms with Crippen LogP contribution in [0, 0.1) is 32.1 Å². The third kappa shape index (κ3) is 4.69. The lowest BCUT2D eigenvalue weighted by Gasteiger charge is -2.15. The molecule has 0 fully saturated rings. The van der Waals surface area contributed by atoms with Crippen molar-refractivity contribution in [1.29, 1.82) is 5.26 Å². The van der Waals surface area contributed by atoms with Gasteiger partial charge in [-0.3, -0.25) is 9.78 Å². The topological polar surface area (TPSA) is 118 Å². The molecule has 4 aromatic heterocycles. The third-order valence-corrected chi connectivity index (χ3v) is 6.48. The summed E-state index contributed by atoms with van der Waals surface area (Å²) in [6.07, 6.45) is 3.41. The molecule has 184 valence electrons. The van der Waals surface area contributed by atoms with Gasteiger partial charge in [-0.05, 0) is 56.2 Å². The van der Waals surface area contributed by atoms with E-state index >= 15 is 0 Å². The van der Waals surface area contributed by atoms with Gasteiger partial charge in [-0.25, -0.2) is 4.98 Å². The number of hydrogen-bond donors (Lipinski definition) is 1. The van der Waals surface area contributed by atoms with Crippen LogP contribution in [0.2, 0.25) is 5.02 Å². The van der Waals surface area contributed by atoms with Crippen molar-refractivity contribution in [2.45, 2.75) is 33.8 Å². The van der Waals surface area contributed by atoms with Crippen LogP contribution in [0.4, 0.5) is 0 Å². The van der Waals surface area contributed by atoms with Gasteiger partial charge < -0.3 is 14.2 Å². The lowest BCUT2D eigenvalue weighted by molar-refractivity contribution is 0.307. The second kappa shape index (κ2) is 9.88. The standard InChI is InChI=1S/C28H22ClN5O3/c1-15-9-20(22-14-37-34-17(22)3)19-5-4-6-26(27(19)33-15)36-13-23-24(29)10-16(2)32-25(23)11-18-7-8-31-28(35)21(18)12-30/h4-10,14H,11,13H2,1-3H3,(H,31,35). The number of hydrogen-bond acceptors (Lipinski definition) is 7. The lowest BCUT2D eigenvalue weighted by atomic mass is 10.0. The summed E-state index contributed by atoms with van der Waals surface area (Å²) in [7, 11) is 0. The lowest BCUT2D eigenvalue weighted by Crippen LogP contribution is -2.14. The van der Waals surface area contributed by atoms with Crippen LogP contribution in [0.15, 0.2) is 58.2 Å². The average molecular weight is 512 g/mol. The number of pyridine rings is 3. The van der Waals surface area contributed by atoms with E-state index in [-0.39, 0.29) is 18.6 Å². The fourth-order valence-electron chi connectivity index (χ4n) is 4.38. The smallest absolute Gasteiger partial charge is 0.266 e. The van der Waals surface area contributed by atoms with Gasteiger partial charge in [-0.2, -0.15) is 5.26 Å². The zero-order valence-corrected chi connectivity index (χ0v) is 21.2.